The lowest BCUT2D eigenvalue weighted by Gasteiger charge is -2.26. The second-order valence-corrected chi connectivity index (χ2v) is 11.4. The van der Waals surface area contributed by atoms with Gasteiger partial charge < -0.3 is 44.1 Å². The summed E-state index contributed by atoms with van der Waals surface area (Å²) in [6, 6.07) is 13.7. The number of carbonyl (C=O) groups is 4. The number of furan rings is 1. The quantitative estimate of drug-likeness (QED) is 0.183. The highest BCUT2D eigenvalue weighted by molar-refractivity contribution is 6.09. The highest BCUT2D eigenvalue weighted by Gasteiger charge is 2.20. The van der Waals surface area contributed by atoms with E-state index in [-0.39, 0.29) is 11.7 Å². The molecule has 5 aromatic rings. The summed E-state index contributed by atoms with van der Waals surface area (Å²) in [6.45, 7) is 4.33. The van der Waals surface area contributed by atoms with Crippen LogP contribution in [0.5, 0.6) is 0 Å². The van der Waals surface area contributed by atoms with E-state index in [4.69, 9.17) is 9.15 Å². The molecule has 0 atom stereocenters. The average Bonchev–Trinajstić information content (AvgIpc) is 3.82. The first kappa shape index (κ1) is 31.4. The Morgan fingerprint density at radius 1 is 0.681 bits per heavy atom. The normalized spacial score (nSPS) is 13.4. The van der Waals surface area contributed by atoms with Gasteiger partial charge in [-0.3, -0.25) is 24.1 Å². The van der Waals surface area contributed by atoms with E-state index in [9.17, 15) is 19.2 Å². The molecule has 14 nitrogen and oxygen atoms in total. The standard InChI is InChI=1S/C33H36N8O6/c1-38-18-22(15-25(38)30(42)34-8-9-41-10-12-46-13-11-41)35-31(43)26-16-23(19-39(26)2)36-32(44)27-17-24(20-40(27)3)37-33(45)29-14-21-6-4-5-7-28(21)47-29/h4-7,14-20H,8-13H2,1-3H3,(H,34,42)(H,35,43)(H,36,44)(H,37,45). The first-order valence-electron chi connectivity index (χ1n) is 15.1. The van der Waals surface area contributed by atoms with Crippen LogP contribution in [0.2, 0.25) is 0 Å². The van der Waals surface area contributed by atoms with Gasteiger partial charge in [0.05, 0.1) is 30.3 Å². The van der Waals surface area contributed by atoms with Gasteiger partial charge in [0.15, 0.2) is 5.76 Å². The third-order valence-electron chi connectivity index (χ3n) is 7.95. The van der Waals surface area contributed by atoms with Crippen LogP contribution in [0.3, 0.4) is 0 Å². The maximum absolute atomic E-state index is 13.2. The summed E-state index contributed by atoms with van der Waals surface area (Å²) in [5.74, 6) is -1.35. The maximum Gasteiger partial charge on any atom is 0.291 e. The van der Waals surface area contributed by atoms with E-state index in [1.807, 2.05) is 18.2 Å². The summed E-state index contributed by atoms with van der Waals surface area (Å²) in [6.07, 6.45) is 4.91. The van der Waals surface area contributed by atoms with Gasteiger partial charge in [0.1, 0.15) is 22.7 Å². The van der Waals surface area contributed by atoms with Crippen molar-refractivity contribution in [2.24, 2.45) is 21.1 Å². The fourth-order valence-electron chi connectivity index (χ4n) is 5.50. The van der Waals surface area contributed by atoms with Gasteiger partial charge in [-0.25, -0.2) is 0 Å². The molecule has 244 valence electrons. The van der Waals surface area contributed by atoms with Crippen LogP contribution in [-0.2, 0) is 25.9 Å². The van der Waals surface area contributed by atoms with Crippen molar-refractivity contribution in [2.75, 3.05) is 55.3 Å². The molecule has 0 spiro atoms. The van der Waals surface area contributed by atoms with Gasteiger partial charge >= 0.3 is 0 Å². The number of nitrogens with zero attached hydrogens (tertiary/aromatic N) is 4. The zero-order chi connectivity index (χ0) is 33.1. The Labute approximate surface area is 270 Å². The lowest BCUT2D eigenvalue weighted by Crippen LogP contribution is -2.41. The molecular formula is C33H36N8O6. The first-order chi connectivity index (χ1) is 22.6. The molecule has 1 fully saturated rings. The largest absolute Gasteiger partial charge is 0.451 e. The lowest BCUT2D eigenvalue weighted by molar-refractivity contribution is 0.0383. The van der Waals surface area contributed by atoms with E-state index < -0.39 is 17.7 Å². The van der Waals surface area contributed by atoms with Crippen LogP contribution in [0.1, 0.15) is 42.0 Å². The third kappa shape index (κ3) is 7.13. The van der Waals surface area contributed by atoms with Crippen LogP contribution in [0.15, 0.2) is 71.5 Å². The van der Waals surface area contributed by atoms with Gasteiger partial charge in [0, 0.05) is 71.3 Å². The fraction of sp³-hybridized carbons (Fsp3) is 0.273. The zero-order valence-electron chi connectivity index (χ0n) is 26.3. The number of nitrogens with one attached hydrogen (secondary N) is 4. The Kier molecular flexibility index (Phi) is 8.95. The van der Waals surface area contributed by atoms with Gasteiger partial charge in [-0.15, -0.1) is 0 Å². The van der Waals surface area contributed by atoms with Crippen molar-refractivity contribution in [3.05, 3.63) is 90.0 Å². The van der Waals surface area contributed by atoms with E-state index in [0.29, 0.717) is 59.5 Å². The van der Waals surface area contributed by atoms with Crippen LogP contribution in [0.25, 0.3) is 11.0 Å². The number of hydrogen-bond acceptors (Lipinski definition) is 7. The topological polar surface area (TPSA) is 157 Å². The van der Waals surface area contributed by atoms with Crippen molar-refractivity contribution in [1.82, 2.24) is 23.9 Å². The summed E-state index contributed by atoms with van der Waals surface area (Å²) >= 11 is 0. The van der Waals surface area contributed by atoms with E-state index in [0.717, 1.165) is 25.0 Å². The molecule has 1 saturated heterocycles. The van der Waals surface area contributed by atoms with Crippen molar-refractivity contribution in [3.8, 4) is 0 Å². The molecule has 14 heteroatoms. The van der Waals surface area contributed by atoms with Crippen LogP contribution in [0.4, 0.5) is 17.1 Å². The van der Waals surface area contributed by atoms with Gasteiger partial charge in [-0.1, -0.05) is 18.2 Å². The molecule has 4 aromatic heterocycles. The number of rotatable bonds is 10. The highest BCUT2D eigenvalue weighted by Crippen LogP contribution is 2.22. The fourth-order valence-corrected chi connectivity index (χ4v) is 5.50. The molecule has 6 rings (SSSR count). The summed E-state index contributed by atoms with van der Waals surface area (Å²) in [5, 5.41) is 12.1. The molecule has 0 bridgehead atoms. The number of morpholine rings is 1. The molecule has 5 heterocycles. The number of ether oxygens (including phenoxy) is 1. The number of benzene rings is 1. The van der Waals surface area contributed by atoms with Gasteiger partial charge in [0.2, 0.25) is 0 Å². The third-order valence-corrected chi connectivity index (χ3v) is 7.95. The Bertz CT molecular complexity index is 1920. The molecule has 1 aromatic carbocycles. The second kappa shape index (κ2) is 13.4. The second-order valence-electron chi connectivity index (χ2n) is 11.4. The Hall–Kier alpha value is -5.60. The van der Waals surface area contributed by atoms with E-state index in [2.05, 4.69) is 26.2 Å². The summed E-state index contributed by atoms with van der Waals surface area (Å²) in [4.78, 5) is 54.1. The first-order valence-corrected chi connectivity index (χ1v) is 15.1. The minimum Gasteiger partial charge on any atom is -0.451 e. The van der Waals surface area contributed by atoms with Crippen LogP contribution >= 0.6 is 0 Å². The average molecular weight is 641 g/mol. The number of anilines is 3. The molecule has 0 unspecified atom stereocenters. The zero-order valence-corrected chi connectivity index (χ0v) is 26.3. The molecule has 47 heavy (non-hydrogen) atoms. The van der Waals surface area contributed by atoms with Crippen molar-refractivity contribution < 1.29 is 28.3 Å². The van der Waals surface area contributed by atoms with Crippen molar-refractivity contribution in [1.29, 1.82) is 0 Å². The maximum atomic E-state index is 13.2. The van der Waals surface area contributed by atoms with Crippen molar-refractivity contribution in [3.63, 3.8) is 0 Å². The molecular weight excluding hydrogens is 604 g/mol. The highest BCUT2D eigenvalue weighted by atomic mass is 16.5. The van der Waals surface area contributed by atoms with Crippen molar-refractivity contribution >= 4 is 51.7 Å². The molecule has 4 N–H and O–H groups in total. The van der Waals surface area contributed by atoms with E-state index >= 15 is 0 Å². The lowest BCUT2D eigenvalue weighted by atomic mass is 10.2. The Morgan fingerprint density at radius 3 is 1.74 bits per heavy atom. The Balaban J connectivity index is 1.04. The summed E-state index contributed by atoms with van der Waals surface area (Å²) in [5.41, 5.74) is 2.90. The number of hydrogen-bond donors (Lipinski definition) is 4. The summed E-state index contributed by atoms with van der Waals surface area (Å²) in [7, 11) is 5.12. The van der Waals surface area contributed by atoms with Crippen LogP contribution in [0, 0.1) is 0 Å². The molecule has 1 aliphatic rings. The molecule has 1 aliphatic heterocycles. The van der Waals surface area contributed by atoms with E-state index in [1.165, 1.54) is 0 Å². The molecule has 0 radical (unpaired) electrons. The predicted octanol–water partition coefficient (Wildman–Crippen LogP) is 3.27. The number of para-hydroxylation sites is 1. The monoisotopic (exact) mass is 640 g/mol. The van der Waals surface area contributed by atoms with Crippen LogP contribution < -0.4 is 21.3 Å². The number of carbonyl (C=O) groups excluding carboxylic acids is 4. The van der Waals surface area contributed by atoms with Gasteiger partial charge in [0.25, 0.3) is 23.6 Å². The molecule has 0 saturated carbocycles. The molecule has 0 aliphatic carbocycles. The SMILES string of the molecule is Cn1cc(NC(=O)c2cc(NC(=O)c3cc(NC(=O)c4cc5ccccc5o4)cn3C)cn2C)cc1C(=O)NCCN1CCOCC1. The number of fused-ring (bicyclic) bond motifs is 1. The smallest absolute Gasteiger partial charge is 0.291 e. The van der Waals surface area contributed by atoms with Gasteiger partial charge in [-0.05, 0) is 30.3 Å². The van der Waals surface area contributed by atoms with E-state index in [1.54, 1.807) is 83.8 Å². The van der Waals surface area contributed by atoms with Gasteiger partial charge in [-0.2, -0.15) is 0 Å². The minimum atomic E-state index is -0.438. The number of aryl methyl sites for hydroxylation is 3. The molecule has 4 amide bonds. The Morgan fingerprint density at radius 2 is 1.19 bits per heavy atom. The predicted molar refractivity (Wildman–Crippen MR) is 176 cm³/mol. The van der Waals surface area contributed by atoms with Crippen molar-refractivity contribution in [2.45, 2.75) is 0 Å². The summed E-state index contributed by atoms with van der Waals surface area (Å²) < 4.78 is 15.8. The van der Waals surface area contributed by atoms with Crippen LogP contribution in [-0.4, -0.2) is 81.6 Å². The number of amides is 4. The number of aromatic nitrogens is 3. The minimum absolute atomic E-state index is 0.158.